The van der Waals surface area contributed by atoms with Crippen LogP contribution in [0.4, 0.5) is 0 Å². The number of carbonyl (C=O) groups is 1. The molecule has 1 fully saturated rings. The zero-order valence-electron chi connectivity index (χ0n) is 7.71. The molecule has 0 unspecified atom stereocenters. The van der Waals surface area contributed by atoms with E-state index in [2.05, 4.69) is 9.64 Å². The van der Waals surface area contributed by atoms with Crippen LogP contribution in [0.3, 0.4) is 0 Å². The van der Waals surface area contributed by atoms with Gasteiger partial charge in [-0.15, -0.1) is 0 Å². The SMILES string of the molecule is COC(=O)CCCCN1CCC1. The van der Waals surface area contributed by atoms with Gasteiger partial charge in [0, 0.05) is 6.42 Å². The van der Waals surface area contributed by atoms with Gasteiger partial charge in [-0.2, -0.15) is 0 Å². The highest BCUT2D eigenvalue weighted by Gasteiger charge is 2.12. The van der Waals surface area contributed by atoms with Crippen LogP contribution < -0.4 is 0 Å². The van der Waals surface area contributed by atoms with Gasteiger partial charge in [0.15, 0.2) is 0 Å². The summed E-state index contributed by atoms with van der Waals surface area (Å²) in [6.07, 6.45) is 4.00. The molecule has 12 heavy (non-hydrogen) atoms. The molecule has 0 saturated carbocycles. The Balaban J connectivity index is 1.85. The van der Waals surface area contributed by atoms with E-state index in [0.717, 1.165) is 19.4 Å². The fourth-order valence-corrected chi connectivity index (χ4v) is 1.31. The number of rotatable bonds is 5. The molecule has 0 bridgehead atoms. The molecule has 0 radical (unpaired) electrons. The Bertz CT molecular complexity index is 143. The van der Waals surface area contributed by atoms with Crippen LogP contribution in [-0.2, 0) is 9.53 Å². The molecule has 0 atom stereocenters. The maximum absolute atomic E-state index is 10.7. The summed E-state index contributed by atoms with van der Waals surface area (Å²) in [5.41, 5.74) is 0. The zero-order chi connectivity index (χ0) is 8.81. The van der Waals surface area contributed by atoms with Crippen molar-refractivity contribution in [2.45, 2.75) is 25.7 Å². The minimum absolute atomic E-state index is 0.0846. The minimum Gasteiger partial charge on any atom is -0.469 e. The van der Waals surface area contributed by atoms with Crippen LogP contribution >= 0.6 is 0 Å². The number of hydrogen-bond acceptors (Lipinski definition) is 3. The molecular formula is C9H17NO2. The van der Waals surface area contributed by atoms with Crippen molar-refractivity contribution in [2.24, 2.45) is 0 Å². The third kappa shape index (κ3) is 3.22. The molecule has 0 aromatic heterocycles. The van der Waals surface area contributed by atoms with Crippen molar-refractivity contribution in [3.05, 3.63) is 0 Å². The van der Waals surface area contributed by atoms with Gasteiger partial charge in [-0.3, -0.25) is 4.79 Å². The van der Waals surface area contributed by atoms with Crippen molar-refractivity contribution in [1.29, 1.82) is 0 Å². The van der Waals surface area contributed by atoms with E-state index in [9.17, 15) is 4.79 Å². The normalized spacial score (nSPS) is 17.1. The van der Waals surface area contributed by atoms with Crippen molar-refractivity contribution in [3.8, 4) is 0 Å². The van der Waals surface area contributed by atoms with E-state index < -0.39 is 0 Å². The van der Waals surface area contributed by atoms with Crippen molar-refractivity contribution < 1.29 is 9.53 Å². The highest BCUT2D eigenvalue weighted by Crippen LogP contribution is 2.07. The number of esters is 1. The summed E-state index contributed by atoms with van der Waals surface area (Å²) >= 11 is 0. The van der Waals surface area contributed by atoms with Crippen LogP contribution in [0.5, 0.6) is 0 Å². The standard InChI is InChI=1S/C9H17NO2/c1-12-9(11)5-2-3-6-10-7-4-8-10/h2-8H2,1H3. The molecule has 3 heteroatoms. The average molecular weight is 171 g/mol. The van der Waals surface area contributed by atoms with Gasteiger partial charge in [-0.1, -0.05) is 0 Å². The Morgan fingerprint density at radius 3 is 2.67 bits per heavy atom. The van der Waals surface area contributed by atoms with Gasteiger partial charge in [-0.25, -0.2) is 0 Å². The number of likely N-dealkylation sites (tertiary alicyclic amines) is 1. The molecule has 1 aliphatic heterocycles. The van der Waals surface area contributed by atoms with Gasteiger partial charge in [0.2, 0.25) is 0 Å². The number of ether oxygens (including phenoxy) is 1. The number of carbonyl (C=O) groups excluding carboxylic acids is 1. The van der Waals surface area contributed by atoms with Crippen LogP contribution in [-0.4, -0.2) is 37.6 Å². The lowest BCUT2D eigenvalue weighted by molar-refractivity contribution is -0.140. The van der Waals surface area contributed by atoms with Gasteiger partial charge in [0.1, 0.15) is 0 Å². The first-order chi connectivity index (χ1) is 5.83. The lowest BCUT2D eigenvalue weighted by Gasteiger charge is -2.30. The summed E-state index contributed by atoms with van der Waals surface area (Å²) in [4.78, 5) is 13.1. The van der Waals surface area contributed by atoms with Gasteiger partial charge in [0.25, 0.3) is 0 Å². The fraction of sp³-hybridized carbons (Fsp3) is 0.889. The van der Waals surface area contributed by atoms with Crippen LogP contribution in [0.15, 0.2) is 0 Å². The molecule has 0 aromatic carbocycles. The molecular weight excluding hydrogens is 154 g/mol. The summed E-state index contributed by atoms with van der Waals surface area (Å²) in [6, 6.07) is 0. The first kappa shape index (κ1) is 9.52. The Kier molecular flexibility index (Phi) is 4.08. The number of methoxy groups -OCH3 is 1. The second-order valence-electron chi connectivity index (χ2n) is 3.23. The maximum Gasteiger partial charge on any atom is 0.305 e. The number of nitrogens with zero attached hydrogens (tertiary/aromatic N) is 1. The Morgan fingerprint density at radius 1 is 1.42 bits per heavy atom. The van der Waals surface area contributed by atoms with Crippen LogP contribution in [0.25, 0.3) is 0 Å². The van der Waals surface area contributed by atoms with Crippen LogP contribution in [0, 0.1) is 0 Å². The predicted octanol–water partition coefficient (Wildman–Crippen LogP) is 1.04. The van der Waals surface area contributed by atoms with E-state index in [1.54, 1.807) is 0 Å². The molecule has 1 rings (SSSR count). The molecule has 0 aliphatic carbocycles. The maximum atomic E-state index is 10.7. The third-order valence-electron chi connectivity index (χ3n) is 2.28. The number of hydrogen-bond donors (Lipinski definition) is 0. The molecule has 1 heterocycles. The molecule has 1 aliphatic rings. The highest BCUT2D eigenvalue weighted by molar-refractivity contribution is 5.68. The summed E-state index contributed by atoms with van der Waals surface area (Å²) in [5, 5.41) is 0. The smallest absolute Gasteiger partial charge is 0.305 e. The first-order valence-corrected chi connectivity index (χ1v) is 4.62. The lowest BCUT2D eigenvalue weighted by atomic mass is 10.2. The molecule has 0 N–H and O–H groups in total. The Morgan fingerprint density at radius 2 is 2.17 bits per heavy atom. The Hall–Kier alpha value is -0.570. The Labute approximate surface area is 73.7 Å². The average Bonchev–Trinajstić information content (AvgIpc) is 2.00. The lowest BCUT2D eigenvalue weighted by Crippen LogP contribution is -2.37. The van der Waals surface area contributed by atoms with Gasteiger partial charge < -0.3 is 9.64 Å². The predicted molar refractivity (Wildman–Crippen MR) is 46.9 cm³/mol. The molecule has 0 amide bonds. The summed E-state index contributed by atoms with van der Waals surface area (Å²) in [5.74, 6) is -0.0846. The highest BCUT2D eigenvalue weighted by atomic mass is 16.5. The van der Waals surface area contributed by atoms with E-state index in [-0.39, 0.29) is 5.97 Å². The second-order valence-corrected chi connectivity index (χ2v) is 3.23. The molecule has 3 nitrogen and oxygen atoms in total. The van der Waals surface area contributed by atoms with E-state index in [1.807, 2.05) is 0 Å². The van der Waals surface area contributed by atoms with Gasteiger partial charge >= 0.3 is 5.97 Å². The fourth-order valence-electron chi connectivity index (χ4n) is 1.31. The van der Waals surface area contributed by atoms with E-state index in [4.69, 9.17) is 0 Å². The van der Waals surface area contributed by atoms with Gasteiger partial charge in [0.05, 0.1) is 7.11 Å². The van der Waals surface area contributed by atoms with Crippen molar-refractivity contribution in [3.63, 3.8) is 0 Å². The second kappa shape index (κ2) is 5.14. The van der Waals surface area contributed by atoms with Crippen molar-refractivity contribution >= 4 is 5.97 Å². The van der Waals surface area contributed by atoms with E-state index >= 15 is 0 Å². The monoisotopic (exact) mass is 171 g/mol. The van der Waals surface area contributed by atoms with Crippen LogP contribution in [0.1, 0.15) is 25.7 Å². The molecule has 70 valence electrons. The largest absolute Gasteiger partial charge is 0.469 e. The topological polar surface area (TPSA) is 29.5 Å². The molecule has 1 saturated heterocycles. The van der Waals surface area contributed by atoms with Crippen molar-refractivity contribution in [2.75, 3.05) is 26.7 Å². The third-order valence-corrected chi connectivity index (χ3v) is 2.28. The van der Waals surface area contributed by atoms with Crippen LogP contribution in [0.2, 0.25) is 0 Å². The number of unbranched alkanes of at least 4 members (excludes halogenated alkanes) is 1. The molecule has 0 spiro atoms. The first-order valence-electron chi connectivity index (χ1n) is 4.62. The summed E-state index contributed by atoms with van der Waals surface area (Å²) in [6.45, 7) is 3.65. The summed E-state index contributed by atoms with van der Waals surface area (Å²) < 4.78 is 4.55. The quantitative estimate of drug-likeness (QED) is 0.457. The van der Waals surface area contributed by atoms with E-state index in [0.29, 0.717) is 6.42 Å². The minimum atomic E-state index is -0.0846. The molecule has 0 aromatic rings. The summed E-state index contributed by atoms with van der Waals surface area (Å²) in [7, 11) is 1.44. The zero-order valence-corrected chi connectivity index (χ0v) is 7.71. The van der Waals surface area contributed by atoms with Crippen molar-refractivity contribution in [1.82, 2.24) is 4.90 Å². The van der Waals surface area contributed by atoms with Gasteiger partial charge in [-0.05, 0) is 38.9 Å². The van der Waals surface area contributed by atoms with E-state index in [1.165, 1.54) is 26.6 Å².